The highest BCUT2D eigenvalue weighted by atomic mass is 35.5. The molecule has 1 aromatic heterocycles. The van der Waals surface area contributed by atoms with Crippen molar-refractivity contribution in [1.29, 1.82) is 0 Å². The summed E-state index contributed by atoms with van der Waals surface area (Å²) in [6.45, 7) is 1.70. The summed E-state index contributed by atoms with van der Waals surface area (Å²) in [4.78, 5) is 11.0. The summed E-state index contributed by atoms with van der Waals surface area (Å²) in [6.07, 6.45) is 3.55. The fourth-order valence-electron chi connectivity index (χ4n) is 3.27. The molecule has 2 aromatic carbocycles. The van der Waals surface area contributed by atoms with Gasteiger partial charge in [-0.25, -0.2) is 9.97 Å². The van der Waals surface area contributed by atoms with Gasteiger partial charge in [0.15, 0.2) is 5.82 Å². The van der Waals surface area contributed by atoms with E-state index in [1.807, 2.05) is 18.2 Å². The lowest BCUT2D eigenvalue weighted by molar-refractivity contribution is 0.303. The molecule has 0 bridgehead atoms. The van der Waals surface area contributed by atoms with E-state index in [2.05, 4.69) is 57.6 Å². The number of nitrogens with one attached hydrogen (secondary N) is 1. The molecule has 2 heterocycles. The molecule has 0 radical (unpaired) electrons. The van der Waals surface area contributed by atoms with E-state index in [1.54, 1.807) is 12.4 Å². The van der Waals surface area contributed by atoms with Crippen molar-refractivity contribution in [1.82, 2.24) is 20.2 Å². The third-order valence-corrected chi connectivity index (χ3v) is 4.74. The molecule has 1 aliphatic rings. The SMILES string of the molecule is CN1CNC(c2ccc(Cl)cc2)c2ccc(-c3ncccn3)cc2C1. The first-order valence-electron chi connectivity index (χ1n) is 8.28. The van der Waals surface area contributed by atoms with Crippen molar-refractivity contribution in [3.8, 4) is 11.4 Å². The second-order valence-electron chi connectivity index (χ2n) is 6.35. The molecule has 1 N–H and O–H groups in total. The minimum Gasteiger partial charge on any atom is -0.293 e. The Morgan fingerprint density at radius 2 is 1.84 bits per heavy atom. The van der Waals surface area contributed by atoms with Crippen LogP contribution in [0, 0.1) is 0 Å². The molecule has 5 heteroatoms. The van der Waals surface area contributed by atoms with Crippen molar-refractivity contribution in [2.24, 2.45) is 0 Å². The van der Waals surface area contributed by atoms with Crippen molar-refractivity contribution in [3.63, 3.8) is 0 Å². The zero-order valence-corrected chi connectivity index (χ0v) is 14.7. The van der Waals surface area contributed by atoms with Crippen LogP contribution in [-0.2, 0) is 6.54 Å². The van der Waals surface area contributed by atoms with Gasteiger partial charge in [0.2, 0.25) is 0 Å². The molecule has 3 aromatic rings. The van der Waals surface area contributed by atoms with Gasteiger partial charge in [-0.3, -0.25) is 10.2 Å². The van der Waals surface area contributed by atoms with E-state index < -0.39 is 0 Å². The molecule has 25 heavy (non-hydrogen) atoms. The summed E-state index contributed by atoms with van der Waals surface area (Å²) in [5, 5.41) is 4.39. The Balaban J connectivity index is 1.78. The molecule has 0 saturated carbocycles. The average molecular weight is 351 g/mol. The second-order valence-corrected chi connectivity index (χ2v) is 6.78. The Kier molecular flexibility index (Phi) is 4.49. The molecule has 1 unspecified atom stereocenters. The van der Waals surface area contributed by atoms with Gasteiger partial charge in [-0.2, -0.15) is 0 Å². The molecule has 4 rings (SSSR count). The molecular weight excluding hydrogens is 332 g/mol. The van der Waals surface area contributed by atoms with Gasteiger partial charge in [-0.05, 0) is 48.0 Å². The number of fused-ring (bicyclic) bond motifs is 1. The monoisotopic (exact) mass is 350 g/mol. The van der Waals surface area contributed by atoms with Crippen LogP contribution in [-0.4, -0.2) is 28.6 Å². The van der Waals surface area contributed by atoms with E-state index in [9.17, 15) is 0 Å². The highest BCUT2D eigenvalue weighted by molar-refractivity contribution is 6.30. The normalized spacial score (nSPS) is 17.8. The van der Waals surface area contributed by atoms with Gasteiger partial charge in [-0.15, -0.1) is 0 Å². The van der Waals surface area contributed by atoms with E-state index in [0.717, 1.165) is 29.6 Å². The van der Waals surface area contributed by atoms with Crippen LogP contribution in [0.1, 0.15) is 22.7 Å². The van der Waals surface area contributed by atoms with E-state index in [4.69, 9.17) is 11.6 Å². The molecule has 126 valence electrons. The summed E-state index contributed by atoms with van der Waals surface area (Å²) in [7, 11) is 2.12. The topological polar surface area (TPSA) is 41.0 Å². The highest BCUT2D eigenvalue weighted by Gasteiger charge is 2.22. The fraction of sp³-hybridized carbons (Fsp3) is 0.200. The number of hydrogen-bond acceptors (Lipinski definition) is 4. The Hall–Kier alpha value is -2.27. The lowest BCUT2D eigenvalue weighted by atomic mass is 9.93. The molecule has 0 amide bonds. The van der Waals surface area contributed by atoms with Crippen molar-refractivity contribution < 1.29 is 0 Å². The maximum absolute atomic E-state index is 6.05. The van der Waals surface area contributed by atoms with Crippen LogP contribution in [0.25, 0.3) is 11.4 Å². The van der Waals surface area contributed by atoms with Crippen LogP contribution >= 0.6 is 11.6 Å². The molecule has 1 aliphatic heterocycles. The zero-order chi connectivity index (χ0) is 17.2. The fourth-order valence-corrected chi connectivity index (χ4v) is 3.39. The number of halogens is 1. The Bertz CT molecular complexity index is 865. The van der Waals surface area contributed by atoms with Crippen molar-refractivity contribution in [3.05, 3.63) is 82.6 Å². The molecule has 0 fully saturated rings. The van der Waals surface area contributed by atoms with Gasteiger partial charge in [0.1, 0.15) is 0 Å². The number of nitrogens with zero attached hydrogens (tertiary/aromatic N) is 3. The predicted molar refractivity (Wildman–Crippen MR) is 100 cm³/mol. The maximum Gasteiger partial charge on any atom is 0.159 e. The number of hydrogen-bond donors (Lipinski definition) is 1. The van der Waals surface area contributed by atoms with E-state index in [1.165, 1.54) is 16.7 Å². The molecule has 1 atom stereocenters. The first kappa shape index (κ1) is 16.2. The van der Waals surface area contributed by atoms with Gasteiger partial charge in [0.25, 0.3) is 0 Å². The number of aromatic nitrogens is 2. The van der Waals surface area contributed by atoms with Gasteiger partial charge in [0, 0.05) is 36.2 Å². The Labute approximate surface area is 152 Å². The van der Waals surface area contributed by atoms with Crippen LogP contribution in [0.2, 0.25) is 5.02 Å². The standard InChI is InChI=1S/C20H19ClN4/c1-25-12-16-11-15(20-22-9-2-10-23-20)5-8-18(16)19(24-13-25)14-3-6-17(21)7-4-14/h2-11,19,24H,12-13H2,1H3. The van der Waals surface area contributed by atoms with Gasteiger partial charge in [-0.1, -0.05) is 35.9 Å². The minimum atomic E-state index is 0.142. The Morgan fingerprint density at radius 3 is 2.60 bits per heavy atom. The van der Waals surface area contributed by atoms with Crippen molar-refractivity contribution >= 4 is 11.6 Å². The van der Waals surface area contributed by atoms with E-state index >= 15 is 0 Å². The molecule has 4 nitrogen and oxygen atoms in total. The Morgan fingerprint density at radius 1 is 1.08 bits per heavy atom. The van der Waals surface area contributed by atoms with E-state index in [0.29, 0.717) is 0 Å². The number of rotatable bonds is 2. The second kappa shape index (κ2) is 6.92. The number of benzene rings is 2. The first-order valence-corrected chi connectivity index (χ1v) is 8.66. The molecule has 0 saturated heterocycles. The summed E-state index contributed by atoms with van der Waals surface area (Å²) in [5.41, 5.74) is 4.83. The predicted octanol–water partition coefficient (Wildman–Crippen LogP) is 3.88. The van der Waals surface area contributed by atoms with Crippen LogP contribution in [0.4, 0.5) is 0 Å². The zero-order valence-electron chi connectivity index (χ0n) is 14.0. The third kappa shape index (κ3) is 3.42. The summed E-state index contributed by atoms with van der Waals surface area (Å²) < 4.78 is 0. The van der Waals surface area contributed by atoms with Crippen LogP contribution in [0.5, 0.6) is 0 Å². The third-order valence-electron chi connectivity index (χ3n) is 4.49. The van der Waals surface area contributed by atoms with Gasteiger partial charge >= 0.3 is 0 Å². The van der Waals surface area contributed by atoms with Crippen LogP contribution in [0.15, 0.2) is 60.9 Å². The molecular formula is C20H19ClN4. The largest absolute Gasteiger partial charge is 0.293 e. The lowest BCUT2D eigenvalue weighted by Crippen LogP contribution is -2.30. The van der Waals surface area contributed by atoms with E-state index in [-0.39, 0.29) is 6.04 Å². The minimum absolute atomic E-state index is 0.142. The first-order chi connectivity index (χ1) is 12.2. The molecule has 0 spiro atoms. The van der Waals surface area contributed by atoms with Gasteiger partial charge in [0.05, 0.1) is 6.04 Å². The quantitative estimate of drug-likeness (QED) is 0.761. The lowest BCUT2D eigenvalue weighted by Gasteiger charge is -2.20. The van der Waals surface area contributed by atoms with Gasteiger partial charge < -0.3 is 0 Å². The van der Waals surface area contributed by atoms with Crippen LogP contribution in [0.3, 0.4) is 0 Å². The van der Waals surface area contributed by atoms with Crippen LogP contribution < -0.4 is 5.32 Å². The van der Waals surface area contributed by atoms with Crippen molar-refractivity contribution in [2.45, 2.75) is 12.6 Å². The average Bonchev–Trinajstić information content (AvgIpc) is 2.81. The summed E-state index contributed by atoms with van der Waals surface area (Å²) >= 11 is 6.05. The van der Waals surface area contributed by atoms with Crippen molar-refractivity contribution in [2.75, 3.05) is 13.7 Å². The highest BCUT2D eigenvalue weighted by Crippen LogP contribution is 2.31. The summed E-state index contributed by atoms with van der Waals surface area (Å²) in [6, 6.07) is 16.5. The maximum atomic E-state index is 6.05. The molecule has 0 aliphatic carbocycles. The smallest absolute Gasteiger partial charge is 0.159 e. The summed E-state index contributed by atoms with van der Waals surface area (Å²) in [5.74, 6) is 0.758.